The number of aromatic nitrogens is 1. The predicted octanol–water partition coefficient (Wildman–Crippen LogP) is 3.12. The highest BCUT2D eigenvalue weighted by Gasteiger charge is 2.17. The van der Waals surface area contributed by atoms with Gasteiger partial charge < -0.3 is 9.30 Å². The van der Waals surface area contributed by atoms with Crippen molar-refractivity contribution in [2.24, 2.45) is 0 Å². The first-order valence-electron chi connectivity index (χ1n) is 5.79. The number of carbonyl (C=O) groups is 1. The molecule has 1 atom stereocenters. The van der Waals surface area contributed by atoms with Crippen molar-refractivity contribution in [2.75, 3.05) is 19.6 Å². The number of hydrogen-bond donors (Lipinski definition) is 0. The third-order valence-electron chi connectivity index (χ3n) is 3.09. The van der Waals surface area contributed by atoms with Gasteiger partial charge in [0.25, 0.3) is 0 Å². The van der Waals surface area contributed by atoms with Crippen molar-refractivity contribution in [1.29, 1.82) is 0 Å². The third-order valence-corrected chi connectivity index (χ3v) is 3.33. The van der Waals surface area contributed by atoms with Crippen LogP contribution in [0.15, 0.2) is 6.07 Å². The minimum atomic E-state index is -0.00930. The lowest BCUT2D eigenvalue weighted by molar-refractivity contribution is 0.102. The van der Waals surface area contributed by atoms with Gasteiger partial charge in [-0.05, 0) is 33.3 Å². The molecule has 0 N–H and O–H groups in total. The molecule has 0 amide bonds. The summed E-state index contributed by atoms with van der Waals surface area (Å²) >= 11 is 5.60. The standard InChI is InChI=1S/C13H20ClNO2/c1-9(5-6-17-4)15-10(2)7-12(11(15)3)13(16)8-14/h7,9H,5-6,8H2,1-4H3. The molecule has 0 aromatic carbocycles. The molecule has 0 spiro atoms. The van der Waals surface area contributed by atoms with Gasteiger partial charge in [0.05, 0.1) is 5.88 Å². The fourth-order valence-corrected chi connectivity index (χ4v) is 2.37. The summed E-state index contributed by atoms with van der Waals surface area (Å²) < 4.78 is 7.27. The van der Waals surface area contributed by atoms with E-state index in [4.69, 9.17) is 16.3 Å². The van der Waals surface area contributed by atoms with E-state index in [0.29, 0.717) is 6.04 Å². The van der Waals surface area contributed by atoms with Crippen LogP contribution in [-0.2, 0) is 4.74 Å². The van der Waals surface area contributed by atoms with Crippen LogP contribution >= 0.6 is 11.6 Å². The van der Waals surface area contributed by atoms with Gasteiger partial charge in [0.2, 0.25) is 0 Å². The molecule has 96 valence electrons. The summed E-state index contributed by atoms with van der Waals surface area (Å²) in [6, 6.07) is 2.25. The molecule has 0 saturated heterocycles. The van der Waals surface area contributed by atoms with E-state index in [9.17, 15) is 4.79 Å². The van der Waals surface area contributed by atoms with Gasteiger partial charge in [-0.15, -0.1) is 11.6 Å². The zero-order valence-electron chi connectivity index (χ0n) is 10.9. The van der Waals surface area contributed by atoms with E-state index >= 15 is 0 Å². The van der Waals surface area contributed by atoms with Crippen molar-refractivity contribution in [1.82, 2.24) is 4.57 Å². The molecule has 1 aromatic heterocycles. The number of ether oxygens (including phenoxy) is 1. The average molecular weight is 258 g/mol. The van der Waals surface area contributed by atoms with Crippen LogP contribution in [0.1, 0.15) is 41.1 Å². The molecule has 1 unspecified atom stereocenters. The molecule has 3 nitrogen and oxygen atoms in total. The summed E-state index contributed by atoms with van der Waals surface area (Å²) in [6.45, 7) is 6.84. The summed E-state index contributed by atoms with van der Waals surface area (Å²) in [7, 11) is 1.70. The van der Waals surface area contributed by atoms with E-state index in [2.05, 4.69) is 11.5 Å². The fourth-order valence-electron chi connectivity index (χ4n) is 2.23. The van der Waals surface area contributed by atoms with Crippen molar-refractivity contribution in [3.05, 3.63) is 23.0 Å². The zero-order chi connectivity index (χ0) is 13.0. The molecular weight excluding hydrogens is 238 g/mol. The van der Waals surface area contributed by atoms with Crippen molar-refractivity contribution in [2.45, 2.75) is 33.2 Å². The van der Waals surface area contributed by atoms with E-state index in [0.717, 1.165) is 30.0 Å². The van der Waals surface area contributed by atoms with Crippen molar-refractivity contribution < 1.29 is 9.53 Å². The minimum Gasteiger partial charge on any atom is -0.385 e. The second-order valence-corrected chi connectivity index (χ2v) is 4.61. The number of Topliss-reactive ketones (excluding diaryl/α,β-unsaturated/α-hetero) is 1. The molecule has 1 aromatic rings. The topological polar surface area (TPSA) is 31.2 Å². The predicted molar refractivity (Wildman–Crippen MR) is 70.2 cm³/mol. The summed E-state index contributed by atoms with van der Waals surface area (Å²) in [6.07, 6.45) is 0.932. The molecule has 17 heavy (non-hydrogen) atoms. The first kappa shape index (κ1) is 14.3. The summed E-state index contributed by atoms with van der Waals surface area (Å²) in [5.41, 5.74) is 2.83. The number of aryl methyl sites for hydroxylation is 1. The lowest BCUT2D eigenvalue weighted by Crippen LogP contribution is -2.12. The Morgan fingerprint density at radius 1 is 1.53 bits per heavy atom. The fraction of sp³-hybridized carbons (Fsp3) is 0.615. The molecule has 0 aliphatic heterocycles. The van der Waals surface area contributed by atoms with Gasteiger partial charge in [0, 0.05) is 36.7 Å². The van der Waals surface area contributed by atoms with Crippen LogP contribution in [0.5, 0.6) is 0 Å². The Labute approximate surface area is 108 Å². The average Bonchev–Trinajstić information content (AvgIpc) is 2.61. The first-order chi connectivity index (χ1) is 8.02. The van der Waals surface area contributed by atoms with Crippen LogP contribution in [0.3, 0.4) is 0 Å². The Bertz CT molecular complexity index is 398. The first-order valence-corrected chi connectivity index (χ1v) is 6.32. The number of methoxy groups -OCH3 is 1. The highest BCUT2D eigenvalue weighted by Crippen LogP contribution is 2.23. The Morgan fingerprint density at radius 2 is 2.18 bits per heavy atom. The number of hydrogen-bond acceptors (Lipinski definition) is 2. The molecule has 0 aliphatic carbocycles. The van der Waals surface area contributed by atoms with Crippen LogP contribution in [-0.4, -0.2) is 29.9 Å². The van der Waals surface area contributed by atoms with Gasteiger partial charge in [-0.25, -0.2) is 0 Å². The van der Waals surface area contributed by atoms with Crippen LogP contribution in [0.4, 0.5) is 0 Å². The second-order valence-electron chi connectivity index (χ2n) is 4.34. The molecule has 1 heterocycles. The maximum absolute atomic E-state index is 11.7. The highest BCUT2D eigenvalue weighted by atomic mass is 35.5. The van der Waals surface area contributed by atoms with E-state index in [1.165, 1.54) is 0 Å². The van der Waals surface area contributed by atoms with Crippen LogP contribution < -0.4 is 0 Å². The van der Waals surface area contributed by atoms with Gasteiger partial charge in [-0.2, -0.15) is 0 Å². The third kappa shape index (κ3) is 3.11. The van der Waals surface area contributed by atoms with E-state index in [-0.39, 0.29) is 11.7 Å². The zero-order valence-corrected chi connectivity index (χ0v) is 11.7. The van der Waals surface area contributed by atoms with Crippen LogP contribution in [0.2, 0.25) is 0 Å². The molecular formula is C13H20ClNO2. The molecule has 0 radical (unpaired) electrons. The molecule has 0 saturated carbocycles. The van der Waals surface area contributed by atoms with E-state index < -0.39 is 0 Å². The maximum atomic E-state index is 11.7. The maximum Gasteiger partial charge on any atom is 0.179 e. The molecule has 0 fully saturated rings. The lowest BCUT2D eigenvalue weighted by Gasteiger charge is -2.18. The smallest absolute Gasteiger partial charge is 0.179 e. The highest BCUT2D eigenvalue weighted by molar-refractivity contribution is 6.30. The van der Waals surface area contributed by atoms with Gasteiger partial charge in [0.1, 0.15) is 0 Å². The van der Waals surface area contributed by atoms with Crippen molar-refractivity contribution >= 4 is 17.4 Å². The van der Waals surface area contributed by atoms with E-state index in [1.807, 2.05) is 19.9 Å². The van der Waals surface area contributed by atoms with E-state index in [1.54, 1.807) is 7.11 Å². The largest absolute Gasteiger partial charge is 0.385 e. The number of carbonyl (C=O) groups excluding carboxylic acids is 1. The summed E-state index contributed by atoms with van der Waals surface area (Å²) in [4.78, 5) is 11.7. The minimum absolute atomic E-state index is 0.00930. The van der Waals surface area contributed by atoms with Crippen LogP contribution in [0.25, 0.3) is 0 Å². The molecule has 1 rings (SSSR count). The molecule has 0 bridgehead atoms. The second kappa shape index (κ2) is 6.22. The Kier molecular flexibility index (Phi) is 5.22. The summed E-state index contributed by atoms with van der Waals surface area (Å²) in [5.74, 6) is 0.0291. The van der Waals surface area contributed by atoms with Gasteiger partial charge in [0.15, 0.2) is 5.78 Å². The monoisotopic (exact) mass is 257 g/mol. The Hall–Kier alpha value is -0.800. The van der Waals surface area contributed by atoms with Gasteiger partial charge in [-0.3, -0.25) is 4.79 Å². The lowest BCUT2D eigenvalue weighted by atomic mass is 10.2. The van der Waals surface area contributed by atoms with Gasteiger partial charge in [-0.1, -0.05) is 0 Å². The molecule has 0 aliphatic rings. The summed E-state index contributed by atoms with van der Waals surface area (Å²) in [5, 5.41) is 0. The number of halogens is 1. The normalized spacial score (nSPS) is 12.8. The Balaban J connectivity index is 3.00. The van der Waals surface area contributed by atoms with Gasteiger partial charge >= 0.3 is 0 Å². The van der Waals surface area contributed by atoms with Crippen molar-refractivity contribution in [3.63, 3.8) is 0 Å². The quantitative estimate of drug-likeness (QED) is 0.579. The van der Waals surface area contributed by atoms with Crippen molar-refractivity contribution in [3.8, 4) is 0 Å². The SMILES string of the molecule is COCCC(C)n1c(C)cc(C(=O)CCl)c1C. The number of rotatable bonds is 6. The molecule has 4 heteroatoms. The number of ketones is 1. The number of alkyl halides is 1. The number of nitrogens with zero attached hydrogens (tertiary/aromatic N) is 1. The van der Waals surface area contributed by atoms with Crippen LogP contribution in [0, 0.1) is 13.8 Å². The Morgan fingerprint density at radius 3 is 2.71 bits per heavy atom.